The molecule has 4 atom stereocenters. The number of nitrogens with two attached hydrogens (primary N) is 1. The Hall–Kier alpha value is -0.0800. The Morgan fingerprint density at radius 2 is 2.08 bits per heavy atom. The number of rotatable bonds is 5. The Kier molecular flexibility index (Phi) is 3.53. The summed E-state index contributed by atoms with van der Waals surface area (Å²) in [6.45, 7) is 8.86. The van der Waals surface area contributed by atoms with Crippen LogP contribution >= 0.6 is 0 Å². The summed E-state index contributed by atoms with van der Waals surface area (Å²) in [6, 6.07) is 0.314. The van der Waals surface area contributed by atoms with Crippen molar-refractivity contribution in [1.82, 2.24) is 5.32 Å². The van der Waals surface area contributed by atoms with Crippen LogP contribution in [0.1, 0.15) is 27.2 Å². The quantitative estimate of drug-likeness (QED) is 0.651. The number of hydrogen-bond acceptors (Lipinski definition) is 2. The van der Waals surface area contributed by atoms with Gasteiger partial charge in [-0.1, -0.05) is 13.8 Å². The highest BCUT2D eigenvalue weighted by atomic mass is 14.9. The fraction of sp³-hybridized carbons (Fsp3) is 1.00. The molecule has 2 nitrogen and oxygen atoms in total. The molecule has 0 saturated heterocycles. The van der Waals surface area contributed by atoms with Crippen LogP contribution in [0.5, 0.6) is 0 Å². The smallest absolute Gasteiger partial charge is 0.00482 e. The summed E-state index contributed by atoms with van der Waals surface area (Å²) in [5.41, 5.74) is 5.76. The van der Waals surface area contributed by atoms with E-state index in [1.165, 1.54) is 13.0 Å². The monoisotopic (exact) mass is 170 g/mol. The predicted molar refractivity (Wildman–Crippen MR) is 53.0 cm³/mol. The fourth-order valence-electron chi connectivity index (χ4n) is 1.37. The third kappa shape index (κ3) is 3.11. The van der Waals surface area contributed by atoms with Gasteiger partial charge in [0.1, 0.15) is 0 Å². The third-order valence-electron chi connectivity index (χ3n) is 3.05. The van der Waals surface area contributed by atoms with Crippen LogP contribution in [0.4, 0.5) is 0 Å². The van der Waals surface area contributed by atoms with E-state index >= 15 is 0 Å². The van der Waals surface area contributed by atoms with Crippen molar-refractivity contribution < 1.29 is 0 Å². The molecule has 0 spiro atoms. The molecular formula is C10H22N2. The summed E-state index contributed by atoms with van der Waals surface area (Å²) in [4.78, 5) is 0. The Bertz CT molecular complexity index is 134. The fourth-order valence-corrected chi connectivity index (χ4v) is 1.37. The molecule has 0 bridgehead atoms. The molecule has 1 fully saturated rings. The van der Waals surface area contributed by atoms with Crippen molar-refractivity contribution >= 4 is 0 Å². The van der Waals surface area contributed by atoms with Gasteiger partial charge in [0.05, 0.1) is 0 Å². The molecule has 0 aliphatic heterocycles. The molecule has 0 radical (unpaired) electrons. The number of hydrogen-bond donors (Lipinski definition) is 2. The average Bonchev–Trinajstić information content (AvgIpc) is 2.66. The van der Waals surface area contributed by atoms with E-state index in [0.29, 0.717) is 12.0 Å². The van der Waals surface area contributed by atoms with Gasteiger partial charge in [0.2, 0.25) is 0 Å². The van der Waals surface area contributed by atoms with Gasteiger partial charge in [-0.2, -0.15) is 0 Å². The molecule has 0 aromatic rings. The lowest BCUT2D eigenvalue weighted by Gasteiger charge is -2.15. The van der Waals surface area contributed by atoms with E-state index < -0.39 is 0 Å². The molecular weight excluding hydrogens is 148 g/mol. The molecule has 2 heteroatoms. The second-order valence-electron chi connectivity index (χ2n) is 4.47. The molecule has 0 aromatic heterocycles. The minimum absolute atomic E-state index is 0.314. The molecule has 0 heterocycles. The second kappa shape index (κ2) is 4.24. The highest BCUT2D eigenvalue weighted by Crippen LogP contribution is 2.36. The van der Waals surface area contributed by atoms with E-state index in [2.05, 4.69) is 26.1 Å². The summed E-state index contributed by atoms with van der Waals surface area (Å²) in [5, 5.41) is 3.48. The van der Waals surface area contributed by atoms with Gasteiger partial charge in [-0.3, -0.25) is 0 Å². The van der Waals surface area contributed by atoms with Gasteiger partial charge in [0, 0.05) is 6.04 Å². The zero-order valence-corrected chi connectivity index (χ0v) is 8.51. The summed E-state index contributed by atoms with van der Waals surface area (Å²) < 4.78 is 0. The van der Waals surface area contributed by atoms with Gasteiger partial charge in [0.15, 0.2) is 0 Å². The summed E-state index contributed by atoms with van der Waals surface area (Å²) in [7, 11) is 0. The topological polar surface area (TPSA) is 38.0 Å². The highest BCUT2D eigenvalue weighted by molar-refractivity contribution is 4.84. The van der Waals surface area contributed by atoms with Gasteiger partial charge < -0.3 is 11.1 Å². The predicted octanol–water partition coefficient (Wildman–Crippen LogP) is 1.22. The summed E-state index contributed by atoms with van der Waals surface area (Å²) in [5.74, 6) is 2.51. The van der Waals surface area contributed by atoms with Crippen molar-refractivity contribution in [2.45, 2.75) is 33.2 Å². The van der Waals surface area contributed by atoms with Crippen LogP contribution in [-0.2, 0) is 0 Å². The van der Waals surface area contributed by atoms with E-state index in [0.717, 1.165) is 18.4 Å². The molecule has 0 aromatic carbocycles. The zero-order chi connectivity index (χ0) is 9.14. The lowest BCUT2D eigenvalue weighted by atomic mass is 10.1. The van der Waals surface area contributed by atoms with Crippen LogP contribution in [0, 0.1) is 17.8 Å². The van der Waals surface area contributed by atoms with Crippen molar-refractivity contribution in [1.29, 1.82) is 0 Å². The highest BCUT2D eigenvalue weighted by Gasteiger charge is 2.31. The van der Waals surface area contributed by atoms with Crippen molar-refractivity contribution in [3.05, 3.63) is 0 Å². The van der Waals surface area contributed by atoms with Gasteiger partial charge >= 0.3 is 0 Å². The van der Waals surface area contributed by atoms with Crippen LogP contribution in [0.3, 0.4) is 0 Å². The second-order valence-corrected chi connectivity index (χ2v) is 4.47. The first kappa shape index (κ1) is 10.0. The molecule has 72 valence electrons. The molecule has 1 rings (SSSR count). The van der Waals surface area contributed by atoms with Gasteiger partial charge in [-0.25, -0.2) is 0 Å². The van der Waals surface area contributed by atoms with Crippen LogP contribution in [-0.4, -0.2) is 19.1 Å². The van der Waals surface area contributed by atoms with Crippen molar-refractivity contribution in [2.75, 3.05) is 13.1 Å². The normalized spacial score (nSPS) is 33.0. The average molecular weight is 170 g/mol. The first-order chi connectivity index (χ1) is 5.61. The molecule has 3 N–H and O–H groups in total. The van der Waals surface area contributed by atoms with E-state index in [-0.39, 0.29) is 0 Å². The number of nitrogens with one attached hydrogen (secondary N) is 1. The van der Waals surface area contributed by atoms with Crippen LogP contribution in [0.15, 0.2) is 0 Å². The van der Waals surface area contributed by atoms with E-state index in [4.69, 9.17) is 5.73 Å². The molecule has 12 heavy (non-hydrogen) atoms. The van der Waals surface area contributed by atoms with Gasteiger partial charge in [-0.05, 0) is 44.2 Å². The SMILES string of the molecule is CC(N)C(C)CNCC1CC1C. The molecule has 4 unspecified atom stereocenters. The van der Waals surface area contributed by atoms with Crippen molar-refractivity contribution in [2.24, 2.45) is 23.5 Å². The maximum absolute atomic E-state index is 5.76. The minimum Gasteiger partial charge on any atom is -0.328 e. The minimum atomic E-state index is 0.314. The summed E-state index contributed by atoms with van der Waals surface area (Å²) >= 11 is 0. The van der Waals surface area contributed by atoms with E-state index in [1.807, 2.05) is 0 Å². The lowest BCUT2D eigenvalue weighted by Crippen LogP contribution is -2.33. The Balaban J connectivity index is 1.95. The van der Waals surface area contributed by atoms with Crippen molar-refractivity contribution in [3.63, 3.8) is 0 Å². The van der Waals surface area contributed by atoms with Crippen LogP contribution in [0.25, 0.3) is 0 Å². The van der Waals surface area contributed by atoms with E-state index in [1.54, 1.807) is 0 Å². The first-order valence-corrected chi connectivity index (χ1v) is 5.07. The third-order valence-corrected chi connectivity index (χ3v) is 3.05. The van der Waals surface area contributed by atoms with E-state index in [9.17, 15) is 0 Å². The van der Waals surface area contributed by atoms with Crippen molar-refractivity contribution in [3.8, 4) is 0 Å². The van der Waals surface area contributed by atoms with Crippen LogP contribution < -0.4 is 11.1 Å². The maximum Gasteiger partial charge on any atom is 0.00482 e. The largest absolute Gasteiger partial charge is 0.328 e. The summed E-state index contributed by atoms with van der Waals surface area (Å²) in [6.07, 6.45) is 1.42. The Labute approximate surface area is 75.9 Å². The van der Waals surface area contributed by atoms with Gasteiger partial charge in [-0.15, -0.1) is 0 Å². The van der Waals surface area contributed by atoms with Crippen LogP contribution in [0.2, 0.25) is 0 Å². The lowest BCUT2D eigenvalue weighted by molar-refractivity contribution is 0.438. The Morgan fingerprint density at radius 3 is 2.50 bits per heavy atom. The molecule has 1 saturated carbocycles. The first-order valence-electron chi connectivity index (χ1n) is 5.07. The Morgan fingerprint density at radius 1 is 1.50 bits per heavy atom. The molecule has 1 aliphatic rings. The maximum atomic E-state index is 5.76. The van der Waals surface area contributed by atoms with Gasteiger partial charge in [0.25, 0.3) is 0 Å². The molecule has 0 amide bonds. The standard InChI is InChI=1S/C10H22N2/c1-7-4-10(7)6-12-5-8(2)9(3)11/h7-10,12H,4-6,11H2,1-3H3. The molecule has 1 aliphatic carbocycles. The zero-order valence-electron chi connectivity index (χ0n) is 8.51.